The van der Waals surface area contributed by atoms with E-state index in [1.165, 1.54) is 21.8 Å². The van der Waals surface area contributed by atoms with Crippen LogP contribution in [0.5, 0.6) is 0 Å². The molecule has 3 rings (SSSR count). The van der Waals surface area contributed by atoms with Crippen LogP contribution in [0.3, 0.4) is 0 Å². The van der Waals surface area contributed by atoms with E-state index in [9.17, 15) is 14.4 Å². The van der Waals surface area contributed by atoms with Crippen LogP contribution in [-0.4, -0.2) is 23.8 Å². The van der Waals surface area contributed by atoms with E-state index in [1.54, 1.807) is 12.1 Å². The van der Waals surface area contributed by atoms with Gasteiger partial charge in [0.2, 0.25) is 0 Å². The molecule has 0 bridgehead atoms. The van der Waals surface area contributed by atoms with Crippen LogP contribution < -0.4 is 16.2 Å². The summed E-state index contributed by atoms with van der Waals surface area (Å²) in [5, 5.41) is 2.76. The van der Waals surface area contributed by atoms with Crippen molar-refractivity contribution in [2.24, 2.45) is 11.8 Å². The fraction of sp³-hybridized carbons (Fsp3) is 0.435. The van der Waals surface area contributed by atoms with Gasteiger partial charge >= 0.3 is 0 Å². The molecule has 2 aromatic rings. The van der Waals surface area contributed by atoms with Crippen molar-refractivity contribution in [1.82, 2.24) is 16.2 Å². The summed E-state index contributed by atoms with van der Waals surface area (Å²) in [5.74, 6) is -0.620. The van der Waals surface area contributed by atoms with Crippen molar-refractivity contribution in [3.8, 4) is 0 Å². The summed E-state index contributed by atoms with van der Waals surface area (Å²) in [6, 6.07) is 8.30. The van der Waals surface area contributed by atoms with Gasteiger partial charge in [-0.3, -0.25) is 25.2 Å². The van der Waals surface area contributed by atoms with Crippen LogP contribution in [0.4, 0.5) is 0 Å². The van der Waals surface area contributed by atoms with E-state index in [-0.39, 0.29) is 17.7 Å². The average molecular weight is 428 g/mol. The lowest BCUT2D eigenvalue weighted by atomic mass is 9.90. The van der Waals surface area contributed by atoms with Gasteiger partial charge in [-0.2, -0.15) is 0 Å². The standard InChI is InChI=1S/C23H29N3O3S/c1-13(2)20(24-21(27)16-8-5-14(3)6-9-16)23(29)26-25-22(28)19-12-17-11-15(4)7-10-18(17)30-19/h5-6,8-9,12-13,15,20H,7,10-11H2,1-4H3,(H,24,27)(H,25,28)(H,26,29)/t15-,20-/m1/s1. The lowest BCUT2D eigenvalue weighted by Crippen LogP contribution is -2.54. The number of hydrogen-bond donors (Lipinski definition) is 3. The highest BCUT2D eigenvalue weighted by Crippen LogP contribution is 2.32. The normalized spacial score (nSPS) is 16.5. The van der Waals surface area contributed by atoms with Crippen LogP contribution in [0.1, 0.15) is 63.2 Å². The molecule has 3 N–H and O–H groups in total. The fourth-order valence-corrected chi connectivity index (χ4v) is 4.64. The molecule has 30 heavy (non-hydrogen) atoms. The number of carbonyl (C=O) groups is 3. The number of aryl methyl sites for hydroxylation is 2. The van der Waals surface area contributed by atoms with Gasteiger partial charge in [-0.15, -0.1) is 11.3 Å². The SMILES string of the molecule is Cc1ccc(C(=O)N[C@@H](C(=O)NNC(=O)c2cc3c(s2)CC[C@@H](C)C3)C(C)C)cc1. The molecule has 6 nitrogen and oxygen atoms in total. The molecule has 1 aliphatic carbocycles. The Morgan fingerprint density at radius 2 is 1.77 bits per heavy atom. The molecule has 2 atom stereocenters. The van der Waals surface area contributed by atoms with E-state index in [0.717, 1.165) is 24.8 Å². The van der Waals surface area contributed by atoms with Crippen molar-refractivity contribution in [3.63, 3.8) is 0 Å². The second-order valence-electron chi connectivity index (χ2n) is 8.41. The number of carbonyl (C=O) groups excluding carboxylic acids is 3. The number of benzene rings is 1. The van der Waals surface area contributed by atoms with Crippen LogP contribution in [0, 0.1) is 18.8 Å². The van der Waals surface area contributed by atoms with Crippen LogP contribution in [0.25, 0.3) is 0 Å². The largest absolute Gasteiger partial charge is 0.340 e. The van der Waals surface area contributed by atoms with Gasteiger partial charge in [0.1, 0.15) is 6.04 Å². The summed E-state index contributed by atoms with van der Waals surface area (Å²) in [7, 11) is 0. The smallest absolute Gasteiger partial charge is 0.279 e. The van der Waals surface area contributed by atoms with E-state index in [2.05, 4.69) is 23.1 Å². The third-order valence-corrected chi connectivity index (χ3v) is 6.64. The molecule has 0 radical (unpaired) electrons. The first kappa shape index (κ1) is 22.0. The highest BCUT2D eigenvalue weighted by molar-refractivity contribution is 7.14. The number of thiophene rings is 1. The Kier molecular flexibility index (Phi) is 6.92. The van der Waals surface area contributed by atoms with Crippen molar-refractivity contribution in [3.05, 3.63) is 56.8 Å². The van der Waals surface area contributed by atoms with Crippen LogP contribution in [-0.2, 0) is 17.6 Å². The summed E-state index contributed by atoms with van der Waals surface area (Å²) in [6.45, 7) is 7.85. The Labute approximate surface area is 181 Å². The summed E-state index contributed by atoms with van der Waals surface area (Å²) in [5.41, 5.74) is 7.74. The van der Waals surface area contributed by atoms with E-state index in [0.29, 0.717) is 16.4 Å². The third-order valence-electron chi connectivity index (χ3n) is 5.40. The second kappa shape index (κ2) is 9.43. The number of hydrogen-bond acceptors (Lipinski definition) is 4. The molecule has 160 valence electrons. The molecule has 0 fully saturated rings. The van der Waals surface area contributed by atoms with Gasteiger partial charge in [0.05, 0.1) is 4.88 Å². The number of rotatable bonds is 5. The van der Waals surface area contributed by atoms with Gasteiger partial charge in [0.25, 0.3) is 17.7 Å². The molecule has 1 aromatic heterocycles. The molecule has 1 heterocycles. The number of amides is 3. The number of hydrazine groups is 1. The maximum atomic E-state index is 12.6. The maximum absolute atomic E-state index is 12.6. The third kappa shape index (κ3) is 5.27. The summed E-state index contributed by atoms with van der Waals surface area (Å²) in [4.78, 5) is 39.5. The zero-order valence-electron chi connectivity index (χ0n) is 17.9. The van der Waals surface area contributed by atoms with Gasteiger partial charge in [0.15, 0.2) is 0 Å². The lowest BCUT2D eigenvalue weighted by Gasteiger charge is -2.21. The fourth-order valence-electron chi connectivity index (χ4n) is 3.54. The van der Waals surface area contributed by atoms with Gasteiger partial charge in [-0.1, -0.05) is 38.5 Å². The van der Waals surface area contributed by atoms with E-state index >= 15 is 0 Å². The second-order valence-corrected chi connectivity index (χ2v) is 9.55. The lowest BCUT2D eigenvalue weighted by molar-refractivity contribution is -0.124. The van der Waals surface area contributed by atoms with Crippen LogP contribution in [0.2, 0.25) is 0 Å². The minimum absolute atomic E-state index is 0.146. The zero-order chi connectivity index (χ0) is 21.8. The Hall–Kier alpha value is -2.67. The Balaban J connectivity index is 1.59. The topological polar surface area (TPSA) is 87.3 Å². The first-order chi connectivity index (χ1) is 14.2. The minimum atomic E-state index is -0.767. The summed E-state index contributed by atoms with van der Waals surface area (Å²) >= 11 is 1.49. The Bertz CT molecular complexity index is 934. The van der Waals surface area contributed by atoms with Gasteiger partial charge < -0.3 is 5.32 Å². The van der Waals surface area contributed by atoms with Gasteiger partial charge in [0, 0.05) is 10.4 Å². The number of nitrogens with one attached hydrogen (secondary N) is 3. The van der Waals surface area contributed by atoms with Crippen LogP contribution in [0.15, 0.2) is 30.3 Å². The predicted octanol–water partition coefficient (Wildman–Crippen LogP) is 3.40. The van der Waals surface area contributed by atoms with Crippen molar-refractivity contribution in [2.45, 2.75) is 53.0 Å². The molecular weight excluding hydrogens is 398 g/mol. The zero-order valence-corrected chi connectivity index (χ0v) is 18.7. The van der Waals surface area contributed by atoms with Crippen molar-refractivity contribution < 1.29 is 14.4 Å². The average Bonchev–Trinajstić information content (AvgIpc) is 3.13. The highest BCUT2D eigenvalue weighted by atomic mass is 32.1. The minimum Gasteiger partial charge on any atom is -0.340 e. The van der Waals surface area contributed by atoms with E-state index < -0.39 is 11.9 Å². The molecule has 1 aliphatic rings. The van der Waals surface area contributed by atoms with Crippen LogP contribution >= 0.6 is 11.3 Å². The molecule has 0 saturated carbocycles. The Morgan fingerprint density at radius 1 is 1.07 bits per heavy atom. The first-order valence-corrected chi connectivity index (χ1v) is 11.2. The molecular formula is C23H29N3O3S. The van der Waals surface area contributed by atoms with E-state index in [1.807, 2.05) is 39.0 Å². The molecule has 7 heteroatoms. The number of fused-ring (bicyclic) bond motifs is 1. The molecule has 0 spiro atoms. The molecule has 3 amide bonds. The molecule has 1 aromatic carbocycles. The van der Waals surface area contributed by atoms with Crippen molar-refractivity contribution >= 4 is 29.1 Å². The molecule has 0 unspecified atom stereocenters. The summed E-state index contributed by atoms with van der Waals surface area (Å²) in [6.07, 6.45) is 3.13. The summed E-state index contributed by atoms with van der Waals surface area (Å²) < 4.78 is 0. The monoisotopic (exact) mass is 427 g/mol. The Morgan fingerprint density at radius 3 is 2.43 bits per heavy atom. The maximum Gasteiger partial charge on any atom is 0.279 e. The quantitative estimate of drug-likeness (QED) is 0.639. The van der Waals surface area contributed by atoms with Crippen molar-refractivity contribution in [2.75, 3.05) is 0 Å². The van der Waals surface area contributed by atoms with E-state index in [4.69, 9.17) is 0 Å². The molecule has 0 aliphatic heterocycles. The van der Waals surface area contributed by atoms with Gasteiger partial charge in [-0.05, 0) is 61.8 Å². The first-order valence-electron chi connectivity index (χ1n) is 10.3. The predicted molar refractivity (Wildman–Crippen MR) is 118 cm³/mol. The van der Waals surface area contributed by atoms with Crippen molar-refractivity contribution in [1.29, 1.82) is 0 Å². The molecule has 0 saturated heterocycles. The van der Waals surface area contributed by atoms with Gasteiger partial charge in [-0.25, -0.2) is 0 Å². The highest BCUT2D eigenvalue weighted by Gasteiger charge is 2.26.